The molecular formula is C17H20ClN3. The highest BCUT2D eigenvalue weighted by molar-refractivity contribution is 6.16. The number of nitrogens with zero attached hydrogens (tertiary/aromatic N) is 3. The van der Waals surface area contributed by atoms with Gasteiger partial charge in [-0.2, -0.15) is 5.26 Å². The molecule has 0 bridgehead atoms. The highest BCUT2D eigenvalue weighted by atomic mass is 35.5. The summed E-state index contributed by atoms with van der Waals surface area (Å²) in [6.07, 6.45) is 6.22. The van der Waals surface area contributed by atoms with Gasteiger partial charge in [-0.25, -0.2) is 4.98 Å². The van der Waals surface area contributed by atoms with E-state index in [2.05, 4.69) is 28.6 Å². The molecule has 2 unspecified atom stereocenters. The first-order valence-corrected chi connectivity index (χ1v) is 8.27. The van der Waals surface area contributed by atoms with Gasteiger partial charge in [0.1, 0.15) is 17.4 Å². The molecule has 0 aliphatic heterocycles. The average molecular weight is 302 g/mol. The molecule has 0 N–H and O–H groups in total. The molecule has 1 aliphatic rings. The monoisotopic (exact) mass is 301 g/mol. The van der Waals surface area contributed by atoms with E-state index in [0.717, 1.165) is 22.8 Å². The van der Waals surface area contributed by atoms with Crippen LogP contribution in [0, 0.1) is 17.2 Å². The van der Waals surface area contributed by atoms with Crippen molar-refractivity contribution in [1.82, 2.24) is 9.55 Å². The lowest BCUT2D eigenvalue weighted by Gasteiger charge is -2.30. The van der Waals surface area contributed by atoms with Crippen molar-refractivity contribution in [2.75, 3.05) is 0 Å². The van der Waals surface area contributed by atoms with Crippen molar-refractivity contribution < 1.29 is 0 Å². The van der Waals surface area contributed by atoms with Crippen LogP contribution in [0.2, 0.25) is 0 Å². The van der Waals surface area contributed by atoms with Crippen LogP contribution in [0.1, 0.15) is 56.5 Å². The lowest BCUT2D eigenvalue weighted by atomic mass is 9.84. The summed E-state index contributed by atoms with van der Waals surface area (Å²) in [6, 6.07) is 8.54. The molecule has 0 saturated heterocycles. The quantitative estimate of drug-likeness (QED) is 0.765. The van der Waals surface area contributed by atoms with Crippen LogP contribution in [0.3, 0.4) is 0 Å². The highest BCUT2D eigenvalue weighted by Gasteiger charge is 2.26. The molecule has 3 rings (SSSR count). The van der Waals surface area contributed by atoms with E-state index in [1.807, 2.05) is 12.1 Å². The van der Waals surface area contributed by atoms with Gasteiger partial charge < -0.3 is 4.57 Å². The molecular weight excluding hydrogens is 282 g/mol. The Labute approximate surface area is 130 Å². The summed E-state index contributed by atoms with van der Waals surface area (Å²) in [4.78, 5) is 4.64. The molecule has 110 valence electrons. The Morgan fingerprint density at radius 2 is 2.29 bits per heavy atom. The maximum absolute atomic E-state index is 9.27. The zero-order valence-corrected chi connectivity index (χ0v) is 13.1. The van der Waals surface area contributed by atoms with Crippen molar-refractivity contribution in [2.24, 2.45) is 5.92 Å². The molecule has 3 nitrogen and oxygen atoms in total. The Hall–Kier alpha value is -1.53. The van der Waals surface area contributed by atoms with Gasteiger partial charge in [0.25, 0.3) is 0 Å². The van der Waals surface area contributed by atoms with Crippen LogP contribution in [-0.4, -0.2) is 9.55 Å². The Morgan fingerprint density at radius 3 is 3.00 bits per heavy atom. The van der Waals surface area contributed by atoms with E-state index in [1.165, 1.54) is 32.1 Å². The zero-order valence-electron chi connectivity index (χ0n) is 12.3. The van der Waals surface area contributed by atoms with E-state index < -0.39 is 0 Å². The number of aromatic nitrogens is 2. The fraction of sp³-hybridized carbons (Fsp3) is 0.529. The van der Waals surface area contributed by atoms with Gasteiger partial charge in [-0.05, 0) is 30.9 Å². The Bertz CT molecular complexity index is 683. The third kappa shape index (κ3) is 2.53. The van der Waals surface area contributed by atoms with Gasteiger partial charge in [0.05, 0.1) is 17.0 Å². The van der Waals surface area contributed by atoms with Gasteiger partial charge in [0.2, 0.25) is 0 Å². The summed E-state index contributed by atoms with van der Waals surface area (Å²) in [5.74, 6) is 2.09. The van der Waals surface area contributed by atoms with Gasteiger partial charge in [0, 0.05) is 6.04 Å². The maximum atomic E-state index is 9.27. The zero-order chi connectivity index (χ0) is 14.8. The van der Waals surface area contributed by atoms with Crippen LogP contribution in [0.15, 0.2) is 18.2 Å². The van der Waals surface area contributed by atoms with E-state index in [-0.39, 0.29) is 0 Å². The number of benzene rings is 1. The summed E-state index contributed by atoms with van der Waals surface area (Å²) in [6.45, 7) is 2.27. The standard InChI is InChI=1S/C17H20ClN3/c1-2-12-5-3-7-14(9-12)21-15-8-4-6-13(11-19)17(15)20-16(21)10-18/h4,6,8,12,14H,2-3,5,7,9-10H2,1H3. The lowest BCUT2D eigenvalue weighted by Crippen LogP contribution is -2.20. The molecule has 0 amide bonds. The smallest absolute Gasteiger partial charge is 0.125 e. The summed E-state index contributed by atoms with van der Waals surface area (Å²) in [7, 11) is 0. The van der Waals surface area contributed by atoms with Crippen molar-refractivity contribution in [1.29, 1.82) is 5.26 Å². The first kappa shape index (κ1) is 14.4. The fourth-order valence-corrected chi connectivity index (χ4v) is 3.81. The van der Waals surface area contributed by atoms with E-state index in [1.54, 1.807) is 0 Å². The second-order valence-electron chi connectivity index (χ2n) is 5.91. The first-order valence-electron chi connectivity index (χ1n) is 7.74. The number of rotatable bonds is 3. The number of hydrogen-bond acceptors (Lipinski definition) is 2. The Morgan fingerprint density at radius 1 is 1.43 bits per heavy atom. The van der Waals surface area contributed by atoms with Gasteiger partial charge in [0.15, 0.2) is 0 Å². The number of imidazole rings is 1. The number of alkyl halides is 1. The van der Waals surface area contributed by atoms with Gasteiger partial charge >= 0.3 is 0 Å². The molecule has 1 aromatic heterocycles. The molecule has 1 fully saturated rings. The van der Waals surface area contributed by atoms with Crippen molar-refractivity contribution in [3.05, 3.63) is 29.6 Å². The summed E-state index contributed by atoms with van der Waals surface area (Å²) in [5.41, 5.74) is 2.50. The van der Waals surface area contributed by atoms with Crippen molar-refractivity contribution in [3.8, 4) is 6.07 Å². The van der Waals surface area contributed by atoms with Gasteiger partial charge in [-0.15, -0.1) is 11.6 Å². The largest absolute Gasteiger partial charge is 0.324 e. The Kier molecular flexibility index (Phi) is 4.17. The minimum Gasteiger partial charge on any atom is -0.324 e. The van der Waals surface area contributed by atoms with E-state index in [4.69, 9.17) is 11.6 Å². The van der Waals surface area contributed by atoms with E-state index >= 15 is 0 Å². The number of para-hydroxylation sites is 1. The number of nitriles is 1. The normalized spacial score (nSPS) is 22.3. The van der Waals surface area contributed by atoms with E-state index in [9.17, 15) is 5.26 Å². The molecule has 1 aliphatic carbocycles. The SMILES string of the molecule is CCC1CCCC(n2c(CCl)nc3c(C#N)cccc32)C1. The van der Waals surface area contributed by atoms with Crippen molar-refractivity contribution in [2.45, 2.75) is 50.9 Å². The van der Waals surface area contributed by atoms with Gasteiger partial charge in [-0.1, -0.05) is 32.3 Å². The fourth-order valence-electron chi connectivity index (χ4n) is 3.63. The predicted octanol–water partition coefficient (Wildman–Crippen LogP) is 4.79. The number of fused-ring (bicyclic) bond motifs is 1. The Balaban J connectivity index is 2.10. The second kappa shape index (κ2) is 6.07. The average Bonchev–Trinajstić information content (AvgIpc) is 2.93. The minimum absolute atomic E-state index is 0.396. The molecule has 2 atom stereocenters. The number of hydrogen-bond donors (Lipinski definition) is 0. The third-order valence-electron chi connectivity index (χ3n) is 4.73. The molecule has 1 saturated carbocycles. The molecule has 21 heavy (non-hydrogen) atoms. The van der Waals surface area contributed by atoms with Crippen LogP contribution in [0.25, 0.3) is 11.0 Å². The van der Waals surface area contributed by atoms with Crippen molar-refractivity contribution in [3.63, 3.8) is 0 Å². The van der Waals surface area contributed by atoms with Crippen molar-refractivity contribution >= 4 is 22.6 Å². The van der Waals surface area contributed by atoms with Crippen LogP contribution >= 0.6 is 11.6 Å². The minimum atomic E-state index is 0.396. The maximum Gasteiger partial charge on any atom is 0.125 e. The lowest BCUT2D eigenvalue weighted by molar-refractivity contribution is 0.262. The van der Waals surface area contributed by atoms with Crippen LogP contribution in [-0.2, 0) is 5.88 Å². The topological polar surface area (TPSA) is 41.6 Å². The highest BCUT2D eigenvalue weighted by Crippen LogP contribution is 2.37. The summed E-state index contributed by atoms with van der Waals surface area (Å²) in [5, 5.41) is 9.27. The molecule has 0 radical (unpaired) electrons. The van der Waals surface area contributed by atoms with E-state index in [0.29, 0.717) is 17.5 Å². The molecule has 4 heteroatoms. The predicted molar refractivity (Wildman–Crippen MR) is 85.3 cm³/mol. The third-order valence-corrected chi connectivity index (χ3v) is 4.97. The number of halogens is 1. The molecule has 1 aromatic carbocycles. The summed E-state index contributed by atoms with van der Waals surface area (Å²) < 4.78 is 2.30. The molecule has 0 spiro atoms. The molecule has 1 heterocycles. The van der Waals surface area contributed by atoms with Crippen LogP contribution in [0.5, 0.6) is 0 Å². The molecule has 2 aromatic rings. The van der Waals surface area contributed by atoms with Gasteiger partial charge in [-0.3, -0.25) is 0 Å². The summed E-state index contributed by atoms with van der Waals surface area (Å²) >= 11 is 6.12. The van der Waals surface area contributed by atoms with Crippen LogP contribution < -0.4 is 0 Å². The second-order valence-corrected chi connectivity index (χ2v) is 6.18. The first-order chi connectivity index (χ1) is 10.3. The van der Waals surface area contributed by atoms with Crippen LogP contribution in [0.4, 0.5) is 0 Å².